The second kappa shape index (κ2) is 4.36. The fourth-order valence-electron chi connectivity index (χ4n) is 1.47. The number of carbonyl (C=O) groups is 1. The van der Waals surface area contributed by atoms with E-state index in [2.05, 4.69) is 0 Å². The molecule has 0 unspecified atom stereocenters. The Morgan fingerprint density at radius 1 is 1.20 bits per heavy atom. The first-order valence-corrected chi connectivity index (χ1v) is 4.48. The van der Waals surface area contributed by atoms with Gasteiger partial charge in [-0.25, -0.2) is 4.79 Å². The highest BCUT2D eigenvalue weighted by atomic mass is 35.5. The van der Waals surface area contributed by atoms with Gasteiger partial charge < -0.3 is 4.90 Å². The van der Waals surface area contributed by atoms with Crippen molar-refractivity contribution in [3.8, 4) is 0 Å². The summed E-state index contributed by atoms with van der Waals surface area (Å²) in [7, 11) is 3.49. The average Bonchev–Trinajstić information content (AvgIpc) is 2.60. The molecule has 0 aliphatic rings. The molecule has 0 saturated carbocycles. The number of halogens is 1. The summed E-state index contributed by atoms with van der Waals surface area (Å²) in [4.78, 5) is 13.3. The third-order valence-corrected chi connectivity index (χ3v) is 2.19. The monoisotopic (exact) mass is 224 g/mol. The Morgan fingerprint density at radius 2 is 1.87 bits per heavy atom. The van der Waals surface area contributed by atoms with Crippen LogP contribution in [0.25, 0.3) is 10.9 Å². The number of benzene rings is 1. The molecule has 0 radical (unpaired) electrons. The average molecular weight is 225 g/mol. The Labute approximate surface area is 94.7 Å². The highest BCUT2D eigenvalue weighted by molar-refractivity contribution is 5.91. The van der Waals surface area contributed by atoms with Gasteiger partial charge in [0.15, 0.2) is 0 Å². The topological polar surface area (TPSA) is 25.2 Å². The molecule has 80 valence electrons. The van der Waals surface area contributed by atoms with Crippen LogP contribution in [0.4, 0.5) is 4.79 Å². The zero-order valence-corrected chi connectivity index (χ0v) is 9.49. The summed E-state index contributed by atoms with van der Waals surface area (Å²) in [6, 6.07) is 9.75. The molecule has 3 nitrogen and oxygen atoms in total. The largest absolute Gasteiger partial charge is 0.330 e. The number of fused-ring (bicyclic) bond motifs is 1. The standard InChI is InChI=1S/C11H12N2O.ClH/c1-12(2)11(14)13-8-7-9-5-3-4-6-10(9)13;/h3-8H,1-2H3;1H. The first kappa shape index (κ1) is 11.6. The van der Waals surface area contributed by atoms with Crippen molar-refractivity contribution in [1.82, 2.24) is 9.47 Å². The molecule has 2 rings (SSSR count). The van der Waals surface area contributed by atoms with Crippen LogP contribution in [-0.2, 0) is 0 Å². The van der Waals surface area contributed by atoms with Gasteiger partial charge in [-0.2, -0.15) is 0 Å². The lowest BCUT2D eigenvalue weighted by Crippen LogP contribution is -2.26. The number of hydrogen-bond donors (Lipinski definition) is 0. The molecule has 0 bridgehead atoms. The van der Waals surface area contributed by atoms with Gasteiger partial charge in [-0.1, -0.05) is 18.2 Å². The minimum Gasteiger partial charge on any atom is -0.330 e. The molecule has 1 aromatic heterocycles. The maximum Gasteiger partial charge on any atom is 0.328 e. The van der Waals surface area contributed by atoms with Crippen LogP contribution >= 0.6 is 12.4 Å². The van der Waals surface area contributed by atoms with Crippen molar-refractivity contribution >= 4 is 29.3 Å². The van der Waals surface area contributed by atoms with E-state index in [4.69, 9.17) is 0 Å². The predicted octanol–water partition coefficient (Wildman–Crippen LogP) is 2.59. The van der Waals surface area contributed by atoms with Crippen molar-refractivity contribution in [2.75, 3.05) is 14.1 Å². The highest BCUT2D eigenvalue weighted by Gasteiger charge is 2.09. The van der Waals surface area contributed by atoms with Crippen molar-refractivity contribution in [2.45, 2.75) is 0 Å². The van der Waals surface area contributed by atoms with Crippen molar-refractivity contribution < 1.29 is 4.79 Å². The molecule has 1 aromatic carbocycles. The minimum atomic E-state index is -0.0220. The fraction of sp³-hybridized carbons (Fsp3) is 0.182. The summed E-state index contributed by atoms with van der Waals surface area (Å²) < 4.78 is 1.65. The summed E-state index contributed by atoms with van der Waals surface area (Å²) in [6.45, 7) is 0. The molecule has 0 aliphatic carbocycles. The van der Waals surface area contributed by atoms with E-state index in [9.17, 15) is 4.79 Å². The predicted molar refractivity (Wildman–Crippen MR) is 63.7 cm³/mol. The number of carbonyl (C=O) groups excluding carboxylic acids is 1. The number of hydrogen-bond acceptors (Lipinski definition) is 1. The van der Waals surface area contributed by atoms with E-state index in [0.717, 1.165) is 10.9 Å². The van der Waals surface area contributed by atoms with Crippen LogP contribution in [0.3, 0.4) is 0 Å². The summed E-state index contributed by atoms with van der Waals surface area (Å²) in [5.41, 5.74) is 0.950. The van der Waals surface area contributed by atoms with Crippen molar-refractivity contribution in [2.24, 2.45) is 0 Å². The van der Waals surface area contributed by atoms with Crippen LogP contribution < -0.4 is 0 Å². The molecule has 1 amide bonds. The minimum absolute atomic E-state index is 0. The lowest BCUT2D eigenvalue weighted by molar-refractivity contribution is 0.220. The lowest BCUT2D eigenvalue weighted by atomic mass is 10.2. The Kier molecular flexibility index (Phi) is 3.37. The van der Waals surface area contributed by atoms with Gasteiger partial charge in [0.05, 0.1) is 5.52 Å². The van der Waals surface area contributed by atoms with Gasteiger partial charge in [-0.15, -0.1) is 12.4 Å². The third-order valence-electron chi connectivity index (χ3n) is 2.19. The van der Waals surface area contributed by atoms with E-state index in [1.165, 1.54) is 0 Å². The first-order valence-electron chi connectivity index (χ1n) is 4.48. The summed E-state index contributed by atoms with van der Waals surface area (Å²) >= 11 is 0. The smallest absolute Gasteiger partial charge is 0.328 e. The molecule has 15 heavy (non-hydrogen) atoms. The van der Waals surface area contributed by atoms with Crippen LogP contribution in [0.1, 0.15) is 0 Å². The van der Waals surface area contributed by atoms with E-state index in [1.807, 2.05) is 30.3 Å². The Morgan fingerprint density at radius 3 is 2.53 bits per heavy atom. The summed E-state index contributed by atoms with van der Waals surface area (Å²) in [6.07, 6.45) is 1.80. The van der Waals surface area contributed by atoms with Gasteiger partial charge in [0.1, 0.15) is 0 Å². The van der Waals surface area contributed by atoms with Gasteiger partial charge in [0, 0.05) is 25.7 Å². The molecular formula is C11H13ClN2O. The van der Waals surface area contributed by atoms with Crippen LogP contribution in [-0.4, -0.2) is 29.6 Å². The van der Waals surface area contributed by atoms with Crippen molar-refractivity contribution in [1.29, 1.82) is 0 Å². The fourth-order valence-corrected chi connectivity index (χ4v) is 1.47. The van der Waals surface area contributed by atoms with Crippen LogP contribution in [0.2, 0.25) is 0 Å². The van der Waals surface area contributed by atoms with Gasteiger partial charge in [-0.3, -0.25) is 4.57 Å². The van der Waals surface area contributed by atoms with Gasteiger partial charge >= 0.3 is 6.03 Å². The van der Waals surface area contributed by atoms with Gasteiger partial charge in [0.25, 0.3) is 0 Å². The number of rotatable bonds is 0. The van der Waals surface area contributed by atoms with Crippen molar-refractivity contribution in [3.63, 3.8) is 0 Å². The molecule has 0 fully saturated rings. The zero-order valence-electron chi connectivity index (χ0n) is 8.68. The normalized spacial score (nSPS) is 9.73. The number of nitrogens with zero attached hydrogens (tertiary/aromatic N) is 2. The van der Waals surface area contributed by atoms with Gasteiger partial charge in [0.2, 0.25) is 0 Å². The zero-order chi connectivity index (χ0) is 10.1. The lowest BCUT2D eigenvalue weighted by Gasteiger charge is -2.11. The SMILES string of the molecule is CN(C)C(=O)n1ccc2ccccc21.Cl. The maximum atomic E-state index is 11.7. The molecule has 0 N–H and O–H groups in total. The van der Waals surface area contributed by atoms with E-state index < -0.39 is 0 Å². The van der Waals surface area contributed by atoms with E-state index in [-0.39, 0.29) is 18.4 Å². The molecule has 0 aliphatic heterocycles. The Hall–Kier alpha value is -1.48. The van der Waals surface area contributed by atoms with Gasteiger partial charge in [-0.05, 0) is 12.1 Å². The quantitative estimate of drug-likeness (QED) is 0.675. The Bertz CT molecular complexity index is 476. The molecule has 0 atom stereocenters. The molecular weight excluding hydrogens is 212 g/mol. The summed E-state index contributed by atoms with van der Waals surface area (Å²) in [5, 5.41) is 1.09. The number of amides is 1. The second-order valence-electron chi connectivity index (χ2n) is 3.42. The van der Waals surface area contributed by atoms with Crippen LogP contribution in [0, 0.1) is 0 Å². The molecule has 0 saturated heterocycles. The number of aromatic nitrogens is 1. The van der Waals surface area contributed by atoms with Crippen LogP contribution in [0.15, 0.2) is 36.5 Å². The van der Waals surface area contributed by atoms with E-state index in [1.54, 1.807) is 29.8 Å². The van der Waals surface area contributed by atoms with E-state index >= 15 is 0 Å². The van der Waals surface area contributed by atoms with E-state index in [0.29, 0.717) is 0 Å². The highest BCUT2D eigenvalue weighted by Crippen LogP contribution is 2.15. The Balaban J connectivity index is 0.00000112. The third kappa shape index (κ3) is 1.97. The van der Waals surface area contributed by atoms with Crippen LogP contribution in [0.5, 0.6) is 0 Å². The first-order chi connectivity index (χ1) is 6.70. The maximum absolute atomic E-state index is 11.7. The molecule has 2 aromatic rings. The molecule has 4 heteroatoms. The summed E-state index contributed by atoms with van der Waals surface area (Å²) in [5.74, 6) is 0. The molecule has 1 heterocycles. The number of para-hydroxylation sites is 1. The second-order valence-corrected chi connectivity index (χ2v) is 3.42. The molecule has 0 spiro atoms. The van der Waals surface area contributed by atoms with Crippen molar-refractivity contribution in [3.05, 3.63) is 36.5 Å².